The first-order valence-corrected chi connectivity index (χ1v) is 6.19. The molecule has 4 nitrogen and oxygen atoms in total. The summed E-state index contributed by atoms with van der Waals surface area (Å²) < 4.78 is 5.57. The van der Waals surface area contributed by atoms with Gasteiger partial charge in [0.25, 0.3) is 0 Å². The summed E-state index contributed by atoms with van der Waals surface area (Å²) in [6.07, 6.45) is 3.63. The number of hydrogen-bond acceptors (Lipinski definition) is 4. The van der Waals surface area contributed by atoms with E-state index >= 15 is 0 Å². The molecule has 1 heterocycles. The van der Waals surface area contributed by atoms with Gasteiger partial charge in [0.2, 0.25) is 0 Å². The number of aromatic hydroxyl groups is 1. The van der Waals surface area contributed by atoms with Crippen LogP contribution in [-0.4, -0.2) is 36.2 Å². The largest absolute Gasteiger partial charge is 0.508 e. The first-order valence-electron chi connectivity index (χ1n) is 6.19. The molecule has 1 aliphatic heterocycles. The number of benzene rings is 1. The molecule has 0 radical (unpaired) electrons. The summed E-state index contributed by atoms with van der Waals surface area (Å²) in [6, 6.07) is 4.78. The van der Waals surface area contributed by atoms with Crippen LogP contribution in [0.1, 0.15) is 19.3 Å². The van der Waals surface area contributed by atoms with Crippen molar-refractivity contribution in [3.63, 3.8) is 0 Å². The van der Waals surface area contributed by atoms with E-state index in [1.165, 1.54) is 25.9 Å². The number of ether oxygens (including phenoxy) is 1. The van der Waals surface area contributed by atoms with Gasteiger partial charge in [0.15, 0.2) is 0 Å². The van der Waals surface area contributed by atoms with Crippen LogP contribution in [0, 0.1) is 0 Å². The van der Waals surface area contributed by atoms with Gasteiger partial charge in [0, 0.05) is 12.6 Å². The zero-order valence-corrected chi connectivity index (χ0v) is 10.1. The maximum absolute atomic E-state index is 9.32. The number of phenolic OH excluding ortho intramolecular Hbond substituents is 1. The zero-order chi connectivity index (χ0) is 12.1. The lowest BCUT2D eigenvalue weighted by Gasteiger charge is -2.15. The topological polar surface area (TPSA) is 58.7 Å². The minimum atomic E-state index is 0.189. The molecule has 0 amide bonds. The fourth-order valence-electron chi connectivity index (χ4n) is 2.12. The SMILES string of the molecule is Nc1ccc(O)cc1OCCCN1CCCC1. The van der Waals surface area contributed by atoms with Crippen LogP contribution in [0.15, 0.2) is 18.2 Å². The highest BCUT2D eigenvalue weighted by Crippen LogP contribution is 2.26. The molecule has 1 saturated heterocycles. The molecule has 1 aromatic carbocycles. The van der Waals surface area contributed by atoms with Gasteiger partial charge in [-0.25, -0.2) is 0 Å². The number of nitrogens with zero attached hydrogens (tertiary/aromatic N) is 1. The summed E-state index contributed by atoms with van der Waals surface area (Å²) in [5.41, 5.74) is 6.32. The van der Waals surface area contributed by atoms with Crippen molar-refractivity contribution in [2.45, 2.75) is 19.3 Å². The van der Waals surface area contributed by atoms with E-state index in [1.807, 2.05) is 0 Å². The van der Waals surface area contributed by atoms with Crippen LogP contribution in [0.5, 0.6) is 11.5 Å². The third kappa shape index (κ3) is 3.53. The predicted octanol–water partition coefficient (Wildman–Crippen LogP) is 1.84. The molecule has 94 valence electrons. The Labute approximate surface area is 102 Å². The molecule has 4 heteroatoms. The van der Waals surface area contributed by atoms with Crippen LogP contribution < -0.4 is 10.5 Å². The van der Waals surface area contributed by atoms with E-state index in [9.17, 15) is 5.11 Å². The lowest BCUT2D eigenvalue weighted by Crippen LogP contribution is -2.21. The average Bonchev–Trinajstić information content (AvgIpc) is 2.82. The Bertz CT molecular complexity index is 362. The van der Waals surface area contributed by atoms with Crippen LogP contribution in [0.25, 0.3) is 0 Å². The minimum Gasteiger partial charge on any atom is -0.508 e. The van der Waals surface area contributed by atoms with E-state index in [4.69, 9.17) is 10.5 Å². The van der Waals surface area contributed by atoms with E-state index in [0.717, 1.165) is 13.0 Å². The molecule has 0 unspecified atom stereocenters. The Kier molecular flexibility index (Phi) is 4.09. The van der Waals surface area contributed by atoms with Crippen molar-refractivity contribution in [1.29, 1.82) is 0 Å². The van der Waals surface area contributed by atoms with Crippen LogP contribution in [-0.2, 0) is 0 Å². The van der Waals surface area contributed by atoms with Gasteiger partial charge in [-0.05, 0) is 44.5 Å². The van der Waals surface area contributed by atoms with Crippen molar-refractivity contribution in [2.75, 3.05) is 32.0 Å². The Morgan fingerprint density at radius 1 is 1.29 bits per heavy atom. The Balaban J connectivity index is 1.72. The summed E-state index contributed by atoms with van der Waals surface area (Å²) in [4.78, 5) is 2.45. The number of hydrogen-bond donors (Lipinski definition) is 2. The van der Waals surface area contributed by atoms with Crippen molar-refractivity contribution in [2.24, 2.45) is 0 Å². The number of likely N-dealkylation sites (tertiary alicyclic amines) is 1. The highest BCUT2D eigenvalue weighted by Gasteiger charge is 2.10. The number of nitrogens with two attached hydrogens (primary N) is 1. The van der Waals surface area contributed by atoms with Crippen molar-refractivity contribution in [1.82, 2.24) is 4.90 Å². The Hall–Kier alpha value is -1.42. The molecule has 17 heavy (non-hydrogen) atoms. The van der Waals surface area contributed by atoms with Gasteiger partial charge in [-0.15, -0.1) is 0 Å². The monoisotopic (exact) mass is 236 g/mol. The van der Waals surface area contributed by atoms with Gasteiger partial charge in [-0.1, -0.05) is 0 Å². The van der Waals surface area contributed by atoms with E-state index in [0.29, 0.717) is 18.0 Å². The van der Waals surface area contributed by atoms with Crippen molar-refractivity contribution >= 4 is 5.69 Å². The maximum Gasteiger partial charge on any atom is 0.145 e. The second-order valence-corrected chi connectivity index (χ2v) is 4.47. The second kappa shape index (κ2) is 5.77. The normalized spacial score (nSPS) is 16.2. The second-order valence-electron chi connectivity index (χ2n) is 4.47. The molecular formula is C13H20N2O2. The zero-order valence-electron chi connectivity index (χ0n) is 10.1. The quantitative estimate of drug-likeness (QED) is 0.465. The number of phenols is 1. The Morgan fingerprint density at radius 3 is 2.82 bits per heavy atom. The highest BCUT2D eigenvalue weighted by atomic mass is 16.5. The molecule has 0 spiro atoms. The summed E-state index contributed by atoms with van der Waals surface area (Å²) in [5, 5.41) is 9.32. The van der Waals surface area contributed by atoms with Gasteiger partial charge in [0.05, 0.1) is 12.3 Å². The van der Waals surface area contributed by atoms with E-state index < -0.39 is 0 Å². The molecule has 3 N–H and O–H groups in total. The third-order valence-electron chi connectivity index (χ3n) is 3.07. The number of anilines is 1. The number of rotatable bonds is 5. The molecule has 2 rings (SSSR count). The average molecular weight is 236 g/mol. The molecule has 1 aliphatic rings. The lowest BCUT2D eigenvalue weighted by atomic mass is 10.3. The predicted molar refractivity (Wildman–Crippen MR) is 68.3 cm³/mol. The first kappa shape index (κ1) is 12.0. The third-order valence-corrected chi connectivity index (χ3v) is 3.07. The van der Waals surface area contributed by atoms with Crippen molar-refractivity contribution in [3.05, 3.63) is 18.2 Å². The van der Waals surface area contributed by atoms with Gasteiger partial charge in [-0.2, -0.15) is 0 Å². The molecule has 0 atom stereocenters. The lowest BCUT2D eigenvalue weighted by molar-refractivity contribution is 0.263. The van der Waals surface area contributed by atoms with Gasteiger partial charge in [0.1, 0.15) is 11.5 Å². The molecular weight excluding hydrogens is 216 g/mol. The molecule has 0 aliphatic carbocycles. The van der Waals surface area contributed by atoms with Crippen LogP contribution in [0.3, 0.4) is 0 Å². The highest BCUT2D eigenvalue weighted by molar-refractivity contribution is 5.55. The van der Waals surface area contributed by atoms with E-state index in [1.54, 1.807) is 18.2 Å². The molecule has 0 aromatic heterocycles. The van der Waals surface area contributed by atoms with E-state index in [-0.39, 0.29) is 5.75 Å². The van der Waals surface area contributed by atoms with Gasteiger partial charge < -0.3 is 20.5 Å². The summed E-state index contributed by atoms with van der Waals surface area (Å²) >= 11 is 0. The fraction of sp³-hybridized carbons (Fsp3) is 0.538. The van der Waals surface area contributed by atoms with Crippen molar-refractivity contribution < 1.29 is 9.84 Å². The summed E-state index contributed by atoms with van der Waals surface area (Å²) in [6.45, 7) is 4.16. The van der Waals surface area contributed by atoms with Crippen molar-refractivity contribution in [3.8, 4) is 11.5 Å². The summed E-state index contributed by atoms with van der Waals surface area (Å²) in [7, 11) is 0. The van der Waals surface area contributed by atoms with E-state index in [2.05, 4.69) is 4.90 Å². The first-order chi connectivity index (χ1) is 8.25. The van der Waals surface area contributed by atoms with Crippen LogP contribution in [0.2, 0.25) is 0 Å². The van der Waals surface area contributed by atoms with Crippen LogP contribution in [0.4, 0.5) is 5.69 Å². The smallest absolute Gasteiger partial charge is 0.145 e. The molecule has 1 fully saturated rings. The molecule has 0 saturated carbocycles. The maximum atomic E-state index is 9.32. The van der Waals surface area contributed by atoms with Crippen LogP contribution >= 0.6 is 0 Å². The fourth-order valence-corrected chi connectivity index (χ4v) is 2.12. The number of nitrogen functional groups attached to an aromatic ring is 1. The minimum absolute atomic E-state index is 0.189. The van der Waals surface area contributed by atoms with Gasteiger partial charge >= 0.3 is 0 Å². The molecule has 1 aromatic rings. The standard InChI is InChI=1S/C13H20N2O2/c14-12-5-4-11(16)10-13(12)17-9-3-8-15-6-1-2-7-15/h4-5,10,16H,1-3,6-9,14H2. The van der Waals surface area contributed by atoms with Gasteiger partial charge in [-0.3, -0.25) is 0 Å². The molecule has 0 bridgehead atoms. The Morgan fingerprint density at radius 2 is 2.06 bits per heavy atom. The summed E-state index contributed by atoms with van der Waals surface area (Å²) in [5.74, 6) is 0.764.